The molecule has 0 aliphatic carbocycles. The standard InChI is InChI=1S/C19H20BrNO3/c1-2-23-18-11-10-17(20)13-16(18)9-6-12-21-19(22)24-14-15-7-4-3-5-8-15/h3-11,13H,2,12,14H2,1H3,(H,21,22). The van der Waals surface area contributed by atoms with Crippen molar-refractivity contribution < 1.29 is 14.3 Å². The summed E-state index contributed by atoms with van der Waals surface area (Å²) >= 11 is 3.44. The van der Waals surface area contributed by atoms with Crippen molar-refractivity contribution in [3.63, 3.8) is 0 Å². The molecule has 4 nitrogen and oxygen atoms in total. The lowest BCUT2D eigenvalue weighted by molar-refractivity contribution is 0.141. The Kier molecular flexibility index (Phi) is 7.36. The molecule has 0 unspecified atom stereocenters. The van der Waals surface area contributed by atoms with Gasteiger partial charge in [-0.1, -0.05) is 58.4 Å². The van der Waals surface area contributed by atoms with E-state index in [-0.39, 0.29) is 6.61 Å². The number of carbonyl (C=O) groups excluding carboxylic acids is 1. The van der Waals surface area contributed by atoms with Crippen molar-refractivity contribution in [2.24, 2.45) is 0 Å². The lowest BCUT2D eigenvalue weighted by Gasteiger charge is -2.08. The van der Waals surface area contributed by atoms with Crippen molar-refractivity contribution in [2.45, 2.75) is 13.5 Å². The zero-order valence-corrected chi connectivity index (χ0v) is 15.1. The minimum absolute atomic E-state index is 0.260. The molecule has 1 amide bonds. The molecule has 2 aromatic carbocycles. The minimum atomic E-state index is -0.442. The molecule has 0 fully saturated rings. The predicted octanol–water partition coefficient (Wildman–Crippen LogP) is 4.79. The Morgan fingerprint density at radius 2 is 2.00 bits per heavy atom. The molecule has 126 valence electrons. The van der Waals surface area contributed by atoms with E-state index in [1.165, 1.54) is 0 Å². The summed E-state index contributed by atoms with van der Waals surface area (Å²) in [7, 11) is 0. The molecule has 0 heterocycles. The van der Waals surface area contributed by atoms with Crippen LogP contribution in [0.2, 0.25) is 0 Å². The van der Waals surface area contributed by atoms with E-state index < -0.39 is 6.09 Å². The van der Waals surface area contributed by atoms with Gasteiger partial charge in [0.05, 0.1) is 6.61 Å². The Balaban J connectivity index is 1.80. The van der Waals surface area contributed by atoms with Crippen LogP contribution in [0, 0.1) is 0 Å². The molecule has 0 atom stereocenters. The van der Waals surface area contributed by atoms with Crippen LogP contribution < -0.4 is 10.1 Å². The number of nitrogens with one attached hydrogen (secondary N) is 1. The molecule has 0 saturated heterocycles. The van der Waals surface area contributed by atoms with Crippen LogP contribution in [-0.4, -0.2) is 19.2 Å². The Labute approximate surface area is 150 Å². The fourth-order valence-corrected chi connectivity index (χ4v) is 2.42. The van der Waals surface area contributed by atoms with Gasteiger partial charge in [0.1, 0.15) is 12.4 Å². The third-order valence-electron chi connectivity index (χ3n) is 3.15. The molecule has 2 rings (SSSR count). The van der Waals surface area contributed by atoms with Gasteiger partial charge < -0.3 is 14.8 Å². The van der Waals surface area contributed by atoms with Gasteiger partial charge in [-0.15, -0.1) is 0 Å². The van der Waals surface area contributed by atoms with Crippen LogP contribution in [0.1, 0.15) is 18.1 Å². The normalized spacial score (nSPS) is 10.6. The molecular weight excluding hydrogens is 370 g/mol. The van der Waals surface area contributed by atoms with Crippen LogP contribution in [0.3, 0.4) is 0 Å². The van der Waals surface area contributed by atoms with E-state index in [2.05, 4.69) is 21.2 Å². The molecule has 5 heteroatoms. The molecule has 24 heavy (non-hydrogen) atoms. The number of halogens is 1. The maximum absolute atomic E-state index is 11.7. The smallest absolute Gasteiger partial charge is 0.407 e. The number of hydrogen-bond donors (Lipinski definition) is 1. The number of amides is 1. The second kappa shape index (κ2) is 9.78. The van der Waals surface area contributed by atoms with Gasteiger partial charge in [-0.05, 0) is 30.7 Å². The third-order valence-corrected chi connectivity index (χ3v) is 3.64. The van der Waals surface area contributed by atoms with E-state index in [1.807, 2.05) is 67.6 Å². The summed E-state index contributed by atoms with van der Waals surface area (Å²) in [4.78, 5) is 11.7. The number of carbonyl (C=O) groups is 1. The first-order valence-corrected chi connectivity index (χ1v) is 8.51. The predicted molar refractivity (Wildman–Crippen MR) is 99.0 cm³/mol. The molecule has 2 aromatic rings. The first kappa shape index (κ1) is 18.1. The summed E-state index contributed by atoms with van der Waals surface area (Å²) < 4.78 is 11.7. The Morgan fingerprint density at radius 3 is 2.75 bits per heavy atom. The molecule has 0 aliphatic rings. The number of rotatable bonds is 7. The highest BCUT2D eigenvalue weighted by molar-refractivity contribution is 9.10. The largest absolute Gasteiger partial charge is 0.493 e. The number of hydrogen-bond acceptors (Lipinski definition) is 3. The number of alkyl carbamates (subject to hydrolysis) is 1. The van der Waals surface area contributed by atoms with Gasteiger partial charge >= 0.3 is 6.09 Å². The Bertz CT molecular complexity index is 686. The molecule has 0 aliphatic heterocycles. The highest BCUT2D eigenvalue weighted by Crippen LogP contribution is 2.24. The summed E-state index contributed by atoms with van der Waals surface area (Å²) in [6.45, 7) is 3.19. The second-order valence-corrected chi connectivity index (χ2v) is 5.88. The monoisotopic (exact) mass is 389 g/mol. The molecule has 1 N–H and O–H groups in total. The number of benzene rings is 2. The van der Waals surface area contributed by atoms with Crippen molar-refractivity contribution in [3.8, 4) is 5.75 Å². The Morgan fingerprint density at radius 1 is 1.21 bits per heavy atom. The van der Waals surface area contributed by atoms with Crippen LogP contribution >= 0.6 is 15.9 Å². The van der Waals surface area contributed by atoms with E-state index in [1.54, 1.807) is 0 Å². The van der Waals surface area contributed by atoms with E-state index in [9.17, 15) is 4.79 Å². The quantitative estimate of drug-likeness (QED) is 0.740. The van der Waals surface area contributed by atoms with E-state index in [0.29, 0.717) is 13.2 Å². The molecule has 0 radical (unpaired) electrons. The summed E-state index contributed by atoms with van der Waals surface area (Å²) in [5, 5.41) is 2.69. The zero-order chi connectivity index (χ0) is 17.2. The van der Waals surface area contributed by atoms with E-state index in [4.69, 9.17) is 9.47 Å². The van der Waals surface area contributed by atoms with Gasteiger partial charge in [0.2, 0.25) is 0 Å². The molecular formula is C19H20BrNO3. The summed E-state index contributed by atoms with van der Waals surface area (Å²) in [5.74, 6) is 0.809. The van der Waals surface area contributed by atoms with Crippen LogP contribution in [0.5, 0.6) is 5.75 Å². The SMILES string of the molecule is CCOc1ccc(Br)cc1C=CCNC(=O)OCc1ccccc1. The number of ether oxygens (including phenoxy) is 2. The Hall–Kier alpha value is -2.27. The van der Waals surface area contributed by atoms with Crippen molar-refractivity contribution in [2.75, 3.05) is 13.2 Å². The van der Waals surface area contributed by atoms with Crippen molar-refractivity contribution in [1.82, 2.24) is 5.32 Å². The maximum Gasteiger partial charge on any atom is 0.407 e. The van der Waals surface area contributed by atoms with Gasteiger partial charge in [-0.2, -0.15) is 0 Å². The lowest BCUT2D eigenvalue weighted by atomic mass is 10.2. The van der Waals surface area contributed by atoms with E-state index in [0.717, 1.165) is 21.3 Å². The zero-order valence-electron chi connectivity index (χ0n) is 13.5. The molecule has 0 spiro atoms. The van der Waals surface area contributed by atoms with Gasteiger partial charge in [-0.25, -0.2) is 4.79 Å². The fraction of sp³-hybridized carbons (Fsp3) is 0.211. The first-order valence-electron chi connectivity index (χ1n) is 7.72. The highest BCUT2D eigenvalue weighted by atomic mass is 79.9. The first-order chi connectivity index (χ1) is 11.7. The third kappa shape index (κ3) is 6.08. The van der Waals surface area contributed by atoms with Crippen molar-refractivity contribution >= 4 is 28.1 Å². The second-order valence-electron chi connectivity index (χ2n) is 4.96. The topological polar surface area (TPSA) is 47.6 Å². The summed E-state index contributed by atoms with van der Waals surface area (Å²) in [6.07, 6.45) is 3.32. The van der Waals surface area contributed by atoms with E-state index >= 15 is 0 Å². The average Bonchev–Trinajstić information content (AvgIpc) is 2.60. The van der Waals surface area contributed by atoms with Crippen LogP contribution in [-0.2, 0) is 11.3 Å². The van der Waals surface area contributed by atoms with Gasteiger partial charge in [0, 0.05) is 16.6 Å². The van der Waals surface area contributed by atoms with Crippen molar-refractivity contribution in [3.05, 3.63) is 70.2 Å². The molecule has 0 saturated carbocycles. The van der Waals surface area contributed by atoms with Crippen LogP contribution in [0.25, 0.3) is 6.08 Å². The summed E-state index contributed by atoms with van der Waals surface area (Å²) in [5.41, 5.74) is 1.91. The van der Waals surface area contributed by atoms with Crippen LogP contribution in [0.4, 0.5) is 4.79 Å². The van der Waals surface area contributed by atoms with Gasteiger partial charge in [-0.3, -0.25) is 0 Å². The summed E-state index contributed by atoms with van der Waals surface area (Å²) in [6, 6.07) is 15.4. The van der Waals surface area contributed by atoms with Gasteiger partial charge in [0.15, 0.2) is 0 Å². The van der Waals surface area contributed by atoms with Crippen molar-refractivity contribution in [1.29, 1.82) is 0 Å². The average molecular weight is 390 g/mol. The minimum Gasteiger partial charge on any atom is -0.493 e. The van der Waals surface area contributed by atoms with Gasteiger partial charge in [0.25, 0.3) is 0 Å². The maximum atomic E-state index is 11.7. The highest BCUT2D eigenvalue weighted by Gasteiger charge is 2.02. The molecule has 0 aromatic heterocycles. The lowest BCUT2D eigenvalue weighted by Crippen LogP contribution is -2.24. The van der Waals surface area contributed by atoms with Crippen LogP contribution in [0.15, 0.2) is 59.1 Å². The fourth-order valence-electron chi connectivity index (χ4n) is 2.04. The molecule has 0 bridgehead atoms.